The van der Waals surface area contributed by atoms with Crippen molar-refractivity contribution >= 4 is 17.5 Å². The van der Waals surface area contributed by atoms with E-state index in [1.807, 2.05) is 20.8 Å². The molecule has 0 radical (unpaired) electrons. The molecular weight excluding hydrogens is 214 g/mol. The van der Waals surface area contributed by atoms with Gasteiger partial charge >= 0.3 is 0 Å². The number of hydrogen-bond acceptors (Lipinski definition) is 2. The SMILES string of the molecule is COCC(C)NC(=O)C1(C)CC(C)(Cl)C1. The van der Waals surface area contributed by atoms with Gasteiger partial charge in [0.05, 0.1) is 6.61 Å². The summed E-state index contributed by atoms with van der Waals surface area (Å²) >= 11 is 6.13. The molecule has 1 N–H and O–H groups in total. The number of hydrogen-bond donors (Lipinski definition) is 1. The molecule has 1 aliphatic rings. The third-order valence-electron chi connectivity index (χ3n) is 2.86. The number of methoxy groups -OCH3 is 1. The van der Waals surface area contributed by atoms with Crippen LogP contribution in [0.2, 0.25) is 0 Å². The second kappa shape index (κ2) is 4.30. The van der Waals surface area contributed by atoms with Gasteiger partial charge in [-0.05, 0) is 26.7 Å². The number of halogens is 1. The number of carbonyl (C=O) groups excluding carboxylic acids is 1. The zero-order valence-corrected chi connectivity index (χ0v) is 10.6. The molecule has 4 heteroatoms. The molecule has 1 unspecified atom stereocenters. The molecule has 1 aliphatic carbocycles. The smallest absolute Gasteiger partial charge is 0.226 e. The fraction of sp³-hybridized carbons (Fsp3) is 0.909. The van der Waals surface area contributed by atoms with Gasteiger partial charge in [-0.1, -0.05) is 6.92 Å². The van der Waals surface area contributed by atoms with Crippen molar-refractivity contribution in [2.45, 2.75) is 44.5 Å². The molecule has 15 heavy (non-hydrogen) atoms. The van der Waals surface area contributed by atoms with Gasteiger partial charge in [0, 0.05) is 23.4 Å². The van der Waals surface area contributed by atoms with Crippen LogP contribution in [0.15, 0.2) is 0 Å². The minimum Gasteiger partial charge on any atom is -0.383 e. The third-order valence-corrected chi connectivity index (χ3v) is 3.13. The van der Waals surface area contributed by atoms with Crippen LogP contribution in [0.4, 0.5) is 0 Å². The molecule has 0 saturated heterocycles. The summed E-state index contributed by atoms with van der Waals surface area (Å²) in [6, 6.07) is 0.0570. The second-order valence-electron chi connectivity index (χ2n) is 5.16. The van der Waals surface area contributed by atoms with Crippen molar-refractivity contribution in [3.05, 3.63) is 0 Å². The van der Waals surface area contributed by atoms with Crippen LogP contribution in [0.25, 0.3) is 0 Å². The highest BCUT2D eigenvalue weighted by molar-refractivity contribution is 6.25. The highest BCUT2D eigenvalue weighted by Gasteiger charge is 2.52. The predicted octanol–water partition coefficient (Wildman–Crippen LogP) is 1.94. The largest absolute Gasteiger partial charge is 0.383 e. The third kappa shape index (κ3) is 3.08. The molecule has 0 aromatic rings. The van der Waals surface area contributed by atoms with E-state index in [9.17, 15) is 4.79 Å². The fourth-order valence-electron chi connectivity index (χ4n) is 2.43. The summed E-state index contributed by atoms with van der Waals surface area (Å²) in [5.74, 6) is 0.0881. The van der Waals surface area contributed by atoms with Crippen molar-refractivity contribution in [1.29, 1.82) is 0 Å². The Bertz CT molecular complexity index is 245. The molecule has 0 heterocycles. The van der Waals surface area contributed by atoms with Crippen LogP contribution in [-0.2, 0) is 9.53 Å². The maximum atomic E-state index is 11.9. The number of nitrogens with one attached hydrogen (secondary N) is 1. The van der Waals surface area contributed by atoms with E-state index in [4.69, 9.17) is 16.3 Å². The van der Waals surface area contributed by atoms with Gasteiger partial charge in [0.2, 0.25) is 5.91 Å². The van der Waals surface area contributed by atoms with E-state index in [1.165, 1.54) is 0 Å². The Labute approximate surface area is 96.5 Å². The standard InChI is InChI=1S/C11H20ClNO2/c1-8(5-15-4)13-9(14)10(2)6-11(3,12)7-10/h8H,5-7H2,1-4H3,(H,13,14). The second-order valence-corrected chi connectivity index (χ2v) is 6.07. The Balaban J connectivity index is 2.42. The van der Waals surface area contributed by atoms with E-state index in [0.717, 1.165) is 12.8 Å². The minimum atomic E-state index is -0.293. The maximum absolute atomic E-state index is 11.9. The first kappa shape index (κ1) is 12.8. The van der Waals surface area contributed by atoms with Crippen molar-refractivity contribution in [1.82, 2.24) is 5.32 Å². The van der Waals surface area contributed by atoms with E-state index in [0.29, 0.717) is 6.61 Å². The summed E-state index contributed by atoms with van der Waals surface area (Å²) in [5.41, 5.74) is -0.293. The van der Waals surface area contributed by atoms with Gasteiger partial charge < -0.3 is 10.1 Å². The Kier molecular flexibility index (Phi) is 3.67. The van der Waals surface area contributed by atoms with Crippen molar-refractivity contribution < 1.29 is 9.53 Å². The lowest BCUT2D eigenvalue weighted by Gasteiger charge is -2.48. The van der Waals surface area contributed by atoms with E-state index < -0.39 is 0 Å². The van der Waals surface area contributed by atoms with Crippen LogP contribution in [0.3, 0.4) is 0 Å². The lowest BCUT2D eigenvalue weighted by molar-refractivity contribution is -0.137. The van der Waals surface area contributed by atoms with E-state index in [-0.39, 0.29) is 22.2 Å². The van der Waals surface area contributed by atoms with Crippen LogP contribution in [-0.4, -0.2) is 30.5 Å². The van der Waals surface area contributed by atoms with Gasteiger partial charge in [-0.3, -0.25) is 4.79 Å². The lowest BCUT2D eigenvalue weighted by atomic mass is 9.62. The molecule has 1 amide bonds. The number of carbonyl (C=O) groups is 1. The summed E-state index contributed by atoms with van der Waals surface area (Å²) in [7, 11) is 1.63. The molecule has 1 saturated carbocycles. The van der Waals surface area contributed by atoms with Crippen molar-refractivity contribution in [3.8, 4) is 0 Å². The molecule has 88 valence electrons. The summed E-state index contributed by atoms with van der Waals surface area (Å²) in [5, 5.41) is 2.94. The number of amides is 1. The highest BCUT2D eigenvalue weighted by atomic mass is 35.5. The summed E-state index contributed by atoms with van der Waals surface area (Å²) in [6.45, 7) is 6.41. The van der Waals surface area contributed by atoms with Crippen LogP contribution in [0, 0.1) is 5.41 Å². The molecule has 0 aromatic carbocycles. The van der Waals surface area contributed by atoms with Crippen LogP contribution < -0.4 is 5.32 Å². The molecule has 0 aromatic heterocycles. The average Bonchev–Trinajstić information content (AvgIpc) is 2.00. The summed E-state index contributed by atoms with van der Waals surface area (Å²) in [4.78, 5) is 11.7. The van der Waals surface area contributed by atoms with Crippen molar-refractivity contribution in [2.24, 2.45) is 5.41 Å². The first-order valence-corrected chi connectivity index (χ1v) is 5.66. The Morgan fingerprint density at radius 1 is 1.53 bits per heavy atom. The van der Waals surface area contributed by atoms with E-state index in [1.54, 1.807) is 7.11 Å². The Hall–Kier alpha value is -0.280. The fourth-order valence-corrected chi connectivity index (χ4v) is 3.02. The van der Waals surface area contributed by atoms with Crippen molar-refractivity contribution in [2.75, 3.05) is 13.7 Å². The predicted molar refractivity (Wildman–Crippen MR) is 61.1 cm³/mol. The molecule has 0 spiro atoms. The van der Waals surface area contributed by atoms with Gasteiger partial charge in [0.1, 0.15) is 0 Å². The van der Waals surface area contributed by atoms with Crippen LogP contribution >= 0.6 is 11.6 Å². The maximum Gasteiger partial charge on any atom is 0.226 e. The number of alkyl halides is 1. The summed E-state index contributed by atoms with van der Waals surface area (Å²) < 4.78 is 4.97. The van der Waals surface area contributed by atoms with Gasteiger partial charge in [0.25, 0.3) is 0 Å². The highest BCUT2D eigenvalue weighted by Crippen LogP contribution is 2.52. The molecular formula is C11H20ClNO2. The normalized spacial score (nSPS) is 36.9. The Morgan fingerprint density at radius 2 is 2.07 bits per heavy atom. The van der Waals surface area contributed by atoms with Gasteiger partial charge in [-0.15, -0.1) is 11.6 Å². The number of ether oxygens (including phenoxy) is 1. The van der Waals surface area contributed by atoms with Gasteiger partial charge in [-0.2, -0.15) is 0 Å². The monoisotopic (exact) mass is 233 g/mol. The first-order chi connectivity index (χ1) is 6.79. The minimum absolute atomic E-state index is 0.0570. The van der Waals surface area contributed by atoms with Crippen molar-refractivity contribution in [3.63, 3.8) is 0 Å². The van der Waals surface area contributed by atoms with Crippen LogP contribution in [0.5, 0.6) is 0 Å². The quantitative estimate of drug-likeness (QED) is 0.754. The van der Waals surface area contributed by atoms with Gasteiger partial charge in [0.15, 0.2) is 0 Å². The summed E-state index contributed by atoms with van der Waals surface area (Å²) in [6.07, 6.45) is 1.49. The molecule has 0 bridgehead atoms. The topological polar surface area (TPSA) is 38.3 Å². The van der Waals surface area contributed by atoms with Crippen LogP contribution in [0.1, 0.15) is 33.6 Å². The first-order valence-electron chi connectivity index (χ1n) is 5.28. The average molecular weight is 234 g/mol. The molecule has 1 rings (SSSR count). The molecule has 1 fully saturated rings. The molecule has 1 atom stereocenters. The molecule has 0 aliphatic heterocycles. The zero-order chi connectivity index (χ0) is 11.7. The van der Waals surface area contributed by atoms with E-state index >= 15 is 0 Å². The van der Waals surface area contributed by atoms with Gasteiger partial charge in [-0.25, -0.2) is 0 Å². The van der Waals surface area contributed by atoms with E-state index in [2.05, 4.69) is 5.32 Å². The molecule has 3 nitrogen and oxygen atoms in total. The Morgan fingerprint density at radius 3 is 2.47 bits per heavy atom. The number of rotatable bonds is 4. The zero-order valence-electron chi connectivity index (χ0n) is 9.89. The lowest BCUT2D eigenvalue weighted by Crippen LogP contribution is -2.55.